The Morgan fingerprint density at radius 2 is 2.05 bits per heavy atom. The van der Waals surface area contributed by atoms with Crippen LogP contribution in [0.3, 0.4) is 0 Å². The van der Waals surface area contributed by atoms with Gasteiger partial charge < -0.3 is 4.74 Å². The first-order valence-corrected chi connectivity index (χ1v) is 7.95. The van der Waals surface area contributed by atoms with Crippen LogP contribution >= 0.6 is 0 Å². The van der Waals surface area contributed by atoms with Crippen LogP contribution in [-0.2, 0) is 24.1 Å². The second-order valence-corrected chi connectivity index (χ2v) is 5.76. The molecule has 0 N–H and O–H groups in total. The van der Waals surface area contributed by atoms with Gasteiger partial charge in [-0.3, -0.25) is 0 Å². The second kappa shape index (κ2) is 7.36. The number of benzene rings is 1. The Morgan fingerprint density at radius 1 is 1.14 bits per heavy atom. The largest absolute Gasteiger partial charge is 0.376 e. The molecule has 4 nitrogen and oxygen atoms in total. The molecule has 112 valence electrons. The Morgan fingerprint density at radius 3 is 2.86 bits per heavy atom. The molecular formula is C17H23N3O. The molecule has 3 rings (SSSR count). The molecule has 1 aromatic carbocycles. The van der Waals surface area contributed by atoms with E-state index < -0.39 is 0 Å². The minimum absolute atomic E-state index is 0.317. The fourth-order valence-electron chi connectivity index (χ4n) is 2.82. The fourth-order valence-corrected chi connectivity index (χ4v) is 2.82. The van der Waals surface area contributed by atoms with Gasteiger partial charge in [0.15, 0.2) is 0 Å². The SMILES string of the molecule is c1ccc(CCCc2cn(CC3CCCCO3)nn2)cc1. The molecule has 1 unspecified atom stereocenters. The molecular weight excluding hydrogens is 262 g/mol. The average molecular weight is 285 g/mol. The summed E-state index contributed by atoms with van der Waals surface area (Å²) in [4.78, 5) is 0. The van der Waals surface area contributed by atoms with Crippen molar-refractivity contribution in [3.63, 3.8) is 0 Å². The second-order valence-electron chi connectivity index (χ2n) is 5.76. The van der Waals surface area contributed by atoms with Gasteiger partial charge in [0.25, 0.3) is 0 Å². The van der Waals surface area contributed by atoms with Gasteiger partial charge in [-0.25, -0.2) is 4.68 Å². The van der Waals surface area contributed by atoms with Gasteiger partial charge in [-0.15, -0.1) is 5.10 Å². The molecule has 1 aromatic heterocycles. The van der Waals surface area contributed by atoms with Crippen LogP contribution in [0.5, 0.6) is 0 Å². The summed E-state index contributed by atoms with van der Waals surface area (Å²) in [6, 6.07) is 10.6. The van der Waals surface area contributed by atoms with Crippen molar-refractivity contribution in [3.8, 4) is 0 Å². The van der Waals surface area contributed by atoms with Crippen LogP contribution in [0.15, 0.2) is 36.5 Å². The lowest BCUT2D eigenvalue weighted by atomic mass is 10.1. The Labute approximate surface area is 126 Å². The third-order valence-corrected chi connectivity index (χ3v) is 3.99. The summed E-state index contributed by atoms with van der Waals surface area (Å²) in [6.07, 6.45) is 9.19. The molecule has 1 fully saturated rings. The lowest BCUT2D eigenvalue weighted by molar-refractivity contribution is 0.00370. The lowest BCUT2D eigenvalue weighted by Gasteiger charge is -2.21. The number of hydrogen-bond acceptors (Lipinski definition) is 3. The Bertz CT molecular complexity index is 532. The zero-order chi connectivity index (χ0) is 14.3. The molecule has 0 amide bonds. The standard InChI is InChI=1S/C17H23N3O/c1-2-7-15(8-3-1)9-6-10-16-13-20(19-18-16)14-17-11-4-5-12-21-17/h1-3,7-8,13,17H,4-6,9-12,14H2. The van der Waals surface area contributed by atoms with Crippen molar-refractivity contribution < 1.29 is 4.74 Å². The first-order chi connectivity index (χ1) is 10.4. The van der Waals surface area contributed by atoms with Gasteiger partial charge in [0.2, 0.25) is 0 Å². The third-order valence-electron chi connectivity index (χ3n) is 3.99. The van der Waals surface area contributed by atoms with Gasteiger partial charge in [-0.1, -0.05) is 35.5 Å². The zero-order valence-electron chi connectivity index (χ0n) is 12.4. The Kier molecular flexibility index (Phi) is 5.00. The van der Waals surface area contributed by atoms with Crippen molar-refractivity contribution in [1.82, 2.24) is 15.0 Å². The van der Waals surface area contributed by atoms with Crippen LogP contribution in [0.25, 0.3) is 0 Å². The predicted octanol–water partition coefficient (Wildman–Crippen LogP) is 3.02. The van der Waals surface area contributed by atoms with Crippen molar-refractivity contribution >= 4 is 0 Å². The molecule has 1 atom stereocenters. The van der Waals surface area contributed by atoms with E-state index in [1.807, 2.05) is 4.68 Å². The van der Waals surface area contributed by atoms with E-state index in [0.717, 1.165) is 44.5 Å². The number of nitrogens with zero attached hydrogens (tertiary/aromatic N) is 3. The fraction of sp³-hybridized carbons (Fsp3) is 0.529. The summed E-state index contributed by atoms with van der Waals surface area (Å²) in [5.74, 6) is 0. The van der Waals surface area contributed by atoms with E-state index in [0.29, 0.717) is 6.10 Å². The Hall–Kier alpha value is -1.68. The van der Waals surface area contributed by atoms with E-state index in [-0.39, 0.29) is 0 Å². The number of aryl methyl sites for hydroxylation is 2. The summed E-state index contributed by atoms with van der Waals surface area (Å²) in [5, 5.41) is 8.49. The van der Waals surface area contributed by atoms with Gasteiger partial charge in [-0.05, 0) is 44.1 Å². The van der Waals surface area contributed by atoms with Crippen molar-refractivity contribution in [1.29, 1.82) is 0 Å². The smallest absolute Gasteiger partial charge is 0.0827 e. The van der Waals surface area contributed by atoms with Crippen molar-refractivity contribution in [2.75, 3.05) is 6.61 Å². The molecule has 0 bridgehead atoms. The van der Waals surface area contributed by atoms with E-state index in [1.54, 1.807) is 0 Å². The highest BCUT2D eigenvalue weighted by Crippen LogP contribution is 2.14. The zero-order valence-corrected chi connectivity index (χ0v) is 12.4. The molecule has 1 aliphatic heterocycles. The van der Waals surface area contributed by atoms with Crippen LogP contribution in [-0.4, -0.2) is 27.7 Å². The maximum atomic E-state index is 5.74. The topological polar surface area (TPSA) is 39.9 Å². The predicted molar refractivity (Wildman–Crippen MR) is 82.1 cm³/mol. The highest BCUT2D eigenvalue weighted by atomic mass is 16.5. The van der Waals surface area contributed by atoms with E-state index in [1.165, 1.54) is 18.4 Å². The summed E-state index contributed by atoms with van der Waals surface area (Å²) in [5.41, 5.74) is 2.47. The van der Waals surface area contributed by atoms with Crippen LogP contribution in [0.4, 0.5) is 0 Å². The summed E-state index contributed by atoms with van der Waals surface area (Å²) in [7, 11) is 0. The van der Waals surface area contributed by atoms with E-state index in [2.05, 4.69) is 46.8 Å². The lowest BCUT2D eigenvalue weighted by Crippen LogP contribution is -2.24. The Balaban J connectivity index is 1.44. The first-order valence-electron chi connectivity index (χ1n) is 7.95. The molecule has 2 heterocycles. The van der Waals surface area contributed by atoms with Crippen LogP contribution in [0.2, 0.25) is 0 Å². The molecule has 0 spiro atoms. The number of ether oxygens (including phenoxy) is 1. The average Bonchev–Trinajstić information content (AvgIpc) is 2.97. The number of rotatable bonds is 6. The molecule has 0 aliphatic carbocycles. The highest BCUT2D eigenvalue weighted by Gasteiger charge is 2.15. The molecule has 1 saturated heterocycles. The molecule has 21 heavy (non-hydrogen) atoms. The number of aromatic nitrogens is 3. The van der Waals surface area contributed by atoms with Crippen LogP contribution in [0.1, 0.15) is 36.9 Å². The van der Waals surface area contributed by atoms with E-state index in [9.17, 15) is 0 Å². The molecule has 0 saturated carbocycles. The minimum atomic E-state index is 0.317. The van der Waals surface area contributed by atoms with E-state index in [4.69, 9.17) is 4.74 Å². The third kappa shape index (κ3) is 4.39. The van der Waals surface area contributed by atoms with Gasteiger partial charge in [-0.2, -0.15) is 0 Å². The normalized spacial score (nSPS) is 18.8. The van der Waals surface area contributed by atoms with Gasteiger partial charge in [0, 0.05) is 12.8 Å². The molecule has 0 radical (unpaired) electrons. The summed E-state index contributed by atoms with van der Waals surface area (Å²) < 4.78 is 7.68. The summed E-state index contributed by atoms with van der Waals surface area (Å²) in [6.45, 7) is 1.73. The molecule has 4 heteroatoms. The van der Waals surface area contributed by atoms with E-state index >= 15 is 0 Å². The van der Waals surface area contributed by atoms with Crippen molar-refractivity contribution in [2.24, 2.45) is 0 Å². The molecule has 2 aromatic rings. The quantitative estimate of drug-likeness (QED) is 0.819. The van der Waals surface area contributed by atoms with Gasteiger partial charge in [0.1, 0.15) is 0 Å². The van der Waals surface area contributed by atoms with Crippen molar-refractivity contribution in [3.05, 3.63) is 47.8 Å². The maximum absolute atomic E-state index is 5.74. The van der Waals surface area contributed by atoms with Crippen molar-refractivity contribution in [2.45, 2.75) is 51.2 Å². The first kappa shape index (κ1) is 14.3. The minimum Gasteiger partial charge on any atom is -0.376 e. The summed E-state index contributed by atoms with van der Waals surface area (Å²) >= 11 is 0. The maximum Gasteiger partial charge on any atom is 0.0827 e. The van der Waals surface area contributed by atoms with Crippen LogP contribution in [0, 0.1) is 0 Å². The number of hydrogen-bond donors (Lipinski definition) is 0. The van der Waals surface area contributed by atoms with Gasteiger partial charge >= 0.3 is 0 Å². The molecule has 1 aliphatic rings. The van der Waals surface area contributed by atoms with Crippen LogP contribution < -0.4 is 0 Å². The van der Waals surface area contributed by atoms with Gasteiger partial charge in [0.05, 0.1) is 18.3 Å². The monoisotopic (exact) mass is 285 g/mol. The highest BCUT2D eigenvalue weighted by molar-refractivity contribution is 5.14.